The quantitative estimate of drug-likeness (QED) is 0.868. The van der Waals surface area contributed by atoms with Gasteiger partial charge >= 0.3 is 0 Å². The summed E-state index contributed by atoms with van der Waals surface area (Å²) >= 11 is 1.81. The smallest absolute Gasteiger partial charge is 0.204 e. The maximum absolute atomic E-state index is 5.72. The van der Waals surface area contributed by atoms with Gasteiger partial charge in [-0.1, -0.05) is 37.3 Å². The van der Waals surface area contributed by atoms with Crippen LogP contribution in [0.3, 0.4) is 0 Å². The van der Waals surface area contributed by atoms with E-state index < -0.39 is 0 Å². The van der Waals surface area contributed by atoms with Crippen LogP contribution in [-0.2, 0) is 5.75 Å². The summed E-state index contributed by atoms with van der Waals surface area (Å²) in [5, 5.41) is 0. The van der Waals surface area contributed by atoms with Crippen LogP contribution in [0.4, 0.5) is 0 Å². The second kappa shape index (κ2) is 6.61. The number of hydrogen-bond acceptors (Lipinski definition) is 4. The lowest BCUT2D eigenvalue weighted by Crippen LogP contribution is -2.12. The topological polar surface area (TPSA) is 52.0 Å². The number of nitrogens with two attached hydrogens (primary N) is 1. The molecule has 0 saturated heterocycles. The number of thioether (sulfide) groups is 1. The molecule has 0 aliphatic carbocycles. The lowest BCUT2D eigenvalue weighted by atomic mass is 10.2. The van der Waals surface area contributed by atoms with E-state index in [0.29, 0.717) is 5.92 Å². The molecular formula is C14H18N2OS. The first-order chi connectivity index (χ1) is 8.79. The predicted octanol–water partition coefficient (Wildman–Crippen LogP) is 3.17. The molecule has 0 radical (unpaired) electrons. The number of oxazole rings is 1. The molecule has 18 heavy (non-hydrogen) atoms. The first-order valence-electron chi connectivity index (χ1n) is 6.07. The van der Waals surface area contributed by atoms with Crippen LogP contribution in [0.1, 0.15) is 12.8 Å². The van der Waals surface area contributed by atoms with Crippen LogP contribution in [0.5, 0.6) is 0 Å². The number of benzene rings is 1. The van der Waals surface area contributed by atoms with Gasteiger partial charge in [-0.25, -0.2) is 4.98 Å². The molecule has 2 rings (SSSR count). The Hall–Kier alpha value is -1.26. The van der Waals surface area contributed by atoms with Crippen molar-refractivity contribution in [2.45, 2.75) is 12.7 Å². The van der Waals surface area contributed by atoms with Crippen molar-refractivity contribution in [3.8, 4) is 11.3 Å². The van der Waals surface area contributed by atoms with Crippen molar-refractivity contribution in [1.29, 1.82) is 0 Å². The molecule has 0 aliphatic heterocycles. The summed E-state index contributed by atoms with van der Waals surface area (Å²) in [6.45, 7) is 2.88. The lowest BCUT2D eigenvalue weighted by Gasteiger charge is -2.05. The molecule has 4 heteroatoms. The summed E-state index contributed by atoms with van der Waals surface area (Å²) in [6, 6.07) is 10.0. The summed E-state index contributed by atoms with van der Waals surface area (Å²) in [6.07, 6.45) is 1.79. The first-order valence-corrected chi connectivity index (χ1v) is 7.23. The van der Waals surface area contributed by atoms with E-state index in [1.807, 2.05) is 42.1 Å². The minimum Gasteiger partial charge on any atom is -0.440 e. The lowest BCUT2D eigenvalue weighted by molar-refractivity contribution is 0.529. The molecule has 1 atom stereocenters. The Morgan fingerprint density at radius 2 is 2.11 bits per heavy atom. The molecule has 1 heterocycles. The first kappa shape index (κ1) is 13.2. The number of nitrogens with zero attached hydrogens (tertiary/aromatic N) is 1. The largest absolute Gasteiger partial charge is 0.440 e. The van der Waals surface area contributed by atoms with E-state index in [2.05, 4.69) is 11.9 Å². The molecule has 0 spiro atoms. The maximum Gasteiger partial charge on any atom is 0.204 e. The van der Waals surface area contributed by atoms with Gasteiger partial charge in [-0.2, -0.15) is 11.8 Å². The number of hydrogen-bond donors (Lipinski definition) is 1. The van der Waals surface area contributed by atoms with Crippen molar-refractivity contribution in [3.63, 3.8) is 0 Å². The molecule has 0 amide bonds. The van der Waals surface area contributed by atoms with Gasteiger partial charge in [0.2, 0.25) is 5.89 Å². The van der Waals surface area contributed by atoms with Crippen LogP contribution in [-0.4, -0.2) is 17.3 Å². The fraction of sp³-hybridized carbons (Fsp3) is 0.357. The molecule has 0 aliphatic rings. The highest BCUT2D eigenvalue weighted by Gasteiger charge is 2.07. The highest BCUT2D eigenvalue weighted by molar-refractivity contribution is 7.98. The van der Waals surface area contributed by atoms with Gasteiger partial charge in [0, 0.05) is 5.56 Å². The Labute approximate surface area is 112 Å². The molecule has 2 aromatic rings. The standard InChI is InChI=1S/C14H18N2OS/c1-11(7-15)9-18-10-14-16-8-13(17-14)12-5-3-2-4-6-12/h2-6,8,11H,7,9-10,15H2,1H3. The Balaban J connectivity index is 1.91. The van der Waals surface area contributed by atoms with Gasteiger partial charge in [-0.15, -0.1) is 0 Å². The SMILES string of the molecule is CC(CN)CSCc1ncc(-c2ccccc2)o1. The minimum atomic E-state index is 0.540. The Kier molecular flexibility index (Phi) is 4.84. The van der Waals surface area contributed by atoms with Crippen LogP contribution < -0.4 is 5.73 Å². The fourth-order valence-corrected chi connectivity index (χ4v) is 2.49. The molecule has 0 bridgehead atoms. The van der Waals surface area contributed by atoms with E-state index in [-0.39, 0.29) is 0 Å². The van der Waals surface area contributed by atoms with Crippen LogP contribution in [0.25, 0.3) is 11.3 Å². The third-order valence-electron chi connectivity index (χ3n) is 2.64. The molecule has 96 valence electrons. The van der Waals surface area contributed by atoms with E-state index >= 15 is 0 Å². The number of rotatable bonds is 6. The zero-order valence-corrected chi connectivity index (χ0v) is 11.3. The third-order valence-corrected chi connectivity index (χ3v) is 3.90. The molecule has 0 saturated carbocycles. The second-order valence-corrected chi connectivity index (χ2v) is 5.37. The van der Waals surface area contributed by atoms with Crippen molar-refractivity contribution in [3.05, 3.63) is 42.4 Å². The van der Waals surface area contributed by atoms with Gasteiger partial charge in [0.15, 0.2) is 5.76 Å². The van der Waals surface area contributed by atoms with Crippen molar-refractivity contribution in [1.82, 2.24) is 4.98 Å². The molecule has 2 N–H and O–H groups in total. The fourth-order valence-electron chi connectivity index (χ4n) is 1.53. The highest BCUT2D eigenvalue weighted by Crippen LogP contribution is 2.22. The summed E-state index contributed by atoms with van der Waals surface area (Å²) in [4.78, 5) is 4.30. The molecule has 1 unspecified atom stereocenters. The third kappa shape index (κ3) is 3.62. The van der Waals surface area contributed by atoms with Gasteiger partial charge in [-0.3, -0.25) is 0 Å². The monoisotopic (exact) mass is 262 g/mol. The van der Waals surface area contributed by atoms with Gasteiger partial charge in [0.25, 0.3) is 0 Å². The summed E-state index contributed by atoms with van der Waals surface area (Å²) < 4.78 is 5.72. The summed E-state index contributed by atoms with van der Waals surface area (Å²) in [5.41, 5.74) is 6.65. The van der Waals surface area contributed by atoms with Crippen molar-refractivity contribution >= 4 is 11.8 Å². The molecule has 0 fully saturated rings. The van der Waals surface area contributed by atoms with Gasteiger partial charge < -0.3 is 10.2 Å². The summed E-state index contributed by atoms with van der Waals surface area (Å²) in [5.74, 6) is 4.00. The van der Waals surface area contributed by atoms with Gasteiger partial charge in [0.05, 0.1) is 11.9 Å². The van der Waals surface area contributed by atoms with Crippen LogP contribution in [0.15, 0.2) is 40.9 Å². The predicted molar refractivity (Wildman–Crippen MR) is 76.3 cm³/mol. The van der Waals surface area contributed by atoms with Gasteiger partial charge in [0.1, 0.15) is 0 Å². The normalized spacial score (nSPS) is 12.6. The highest BCUT2D eigenvalue weighted by atomic mass is 32.2. The molecule has 3 nitrogen and oxygen atoms in total. The zero-order chi connectivity index (χ0) is 12.8. The average molecular weight is 262 g/mol. The van der Waals surface area contributed by atoms with Crippen molar-refractivity contribution in [2.75, 3.05) is 12.3 Å². The minimum absolute atomic E-state index is 0.540. The van der Waals surface area contributed by atoms with E-state index in [9.17, 15) is 0 Å². The van der Waals surface area contributed by atoms with E-state index in [4.69, 9.17) is 10.2 Å². The average Bonchev–Trinajstić information content (AvgIpc) is 2.88. The van der Waals surface area contributed by atoms with Crippen molar-refractivity contribution in [2.24, 2.45) is 11.7 Å². The molecule has 1 aromatic heterocycles. The van der Waals surface area contributed by atoms with Crippen molar-refractivity contribution < 1.29 is 4.42 Å². The Morgan fingerprint density at radius 3 is 2.83 bits per heavy atom. The van der Waals surface area contributed by atoms with E-state index in [1.165, 1.54) is 0 Å². The zero-order valence-electron chi connectivity index (χ0n) is 10.5. The van der Waals surface area contributed by atoms with Crippen LogP contribution in [0.2, 0.25) is 0 Å². The molecule has 1 aromatic carbocycles. The maximum atomic E-state index is 5.72. The Bertz CT molecular complexity index is 470. The van der Waals surface area contributed by atoms with Crippen LogP contribution in [0, 0.1) is 5.92 Å². The van der Waals surface area contributed by atoms with Gasteiger partial charge in [-0.05, 0) is 18.2 Å². The van der Waals surface area contributed by atoms with E-state index in [0.717, 1.165) is 35.3 Å². The van der Waals surface area contributed by atoms with Crippen LogP contribution >= 0.6 is 11.8 Å². The molecular weight excluding hydrogens is 244 g/mol. The second-order valence-electron chi connectivity index (χ2n) is 4.34. The Morgan fingerprint density at radius 1 is 1.33 bits per heavy atom. The van der Waals surface area contributed by atoms with E-state index in [1.54, 1.807) is 6.20 Å². The summed E-state index contributed by atoms with van der Waals surface area (Å²) in [7, 11) is 0. The number of aromatic nitrogens is 1.